The van der Waals surface area contributed by atoms with Gasteiger partial charge < -0.3 is 20.5 Å². The molecule has 4 heterocycles. The first-order valence-electron chi connectivity index (χ1n) is 13.4. The van der Waals surface area contributed by atoms with Crippen molar-refractivity contribution in [3.63, 3.8) is 0 Å². The van der Waals surface area contributed by atoms with Gasteiger partial charge in [0.25, 0.3) is 5.56 Å². The standard InChI is InChI=1S/C30H34N6O/c1-3-20-8-12-31-26(17-20)34-27-18-22-9-13-32-30(37)28(22)29(35-27)33-23-4-7-25(19(2)16-23)21-10-14-36(15-11-21)24-5-6-24/h4,7-9,12-13,16-18,21,24H,3,5-6,10-11,14-15H2,1-2H3,(H,32,37)(H2,31,33,34,35). The number of nitrogens with zero attached hydrogens (tertiary/aromatic N) is 3. The summed E-state index contributed by atoms with van der Waals surface area (Å²) >= 11 is 0. The van der Waals surface area contributed by atoms with E-state index in [1.54, 1.807) is 12.4 Å². The van der Waals surface area contributed by atoms with Crippen molar-refractivity contribution in [3.8, 4) is 0 Å². The molecule has 190 valence electrons. The molecule has 1 saturated heterocycles. The maximum atomic E-state index is 12.8. The van der Waals surface area contributed by atoms with Crippen LogP contribution in [0.1, 0.15) is 55.2 Å². The molecular formula is C30H34N6O. The number of benzene rings is 1. The fraction of sp³-hybridized carbons (Fsp3) is 0.367. The lowest BCUT2D eigenvalue weighted by Crippen LogP contribution is -2.34. The van der Waals surface area contributed by atoms with Crippen molar-refractivity contribution in [1.29, 1.82) is 0 Å². The highest BCUT2D eigenvalue weighted by molar-refractivity contribution is 5.94. The first-order chi connectivity index (χ1) is 18.1. The molecule has 0 radical (unpaired) electrons. The number of aromatic nitrogens is 3. The summed E-state index contributed by atoms with van der Waals surface area (Å²) < 4.78 is 0. The SMILES string of the molecule is CCc1ccnc(Nc2cc3cc[nH]c(=O)c3c(Nc3ccc(C4CCN(C5CC5)CC4)c(C)c3)n2)c1. The molecule has 37 heavy (non-hydrogen) atoms. The predicted molar refractivity (Wildman–Crippen MR) is 150 cm³/mol. The van der Waals surface area contributed by atoms with Gasteiger partial charge in [-0.25, -0.2) is 9.97 Å². The topological polar surface area (TPSA) is 85.9 Å². The van der Waals surface area contributed by atoms with Crippen LogP contribution in [-0.2, 0) is 6.42 Å². The molecule has 6 rings (SSSR count). The molecule has 4 aromatic rings. The zero-order valence-corrected chi connectivity index (χ0v) is 21.6. The van der Waals surface area contributed by atoms with Crippen molar-refractivity contribution in [2.24, 2.45) is 0 Å². The van der Waals surface area contributed by atoms with Gasteiger partial charge in [0, 0.05) is 24.1 Å². The zero-order chi connectivity index (χ0) is 25.4. The van der Waals surface area contributed by atoms with Gasteiger partial charge in [-0.15, -0.1) is 0 Å². The van der Waals surface area contributed by atoms with Gasteiger partial charge in [0.2, 0.25) is 0 Å². The minimum absolute atomic E-state index is 0.166. The highest BCUT2D eigenvalue weighted by Gasteiger charge is 2.32. The van der Waals surface area contributed by atoms with Gasteiger partial charge in [-0.1, -0.05) is 13.0 Å². The van der Waals surface area contributed by atoms with Crippen molar-refractivity contribution < 1.29 is 0 Å². The molecule has 0 spiro atoms. The Morgan fingerprint density at radius 1 is 1.00 bits per heavy atom. The van der Waals surface area contributed by atoms with Crippen LogP contribution in [0.5, 0.6) is 0 Å². The second-order valence-corrected chi connectivity index (χ2v) is 10.4. The van der Waals surface area contributed by atoms with Gasteiger partial charge in [-0.3, -0.25) is 4.79 Å². The summed E-state index contributed by atoms with van der Waals surface area (Å²) in [4.78, 5) is 27.5. The lowest BCUT2D eigenvalue weighted by molar-refractivity contribution is 0.203. The number of hydrogen-bond donors (Lipinski definition) is 3. The number of aromatic amines is 1. The molecule has 1 aliphatic carbocycles. The van der Waals surface area contributed by atoms with Crippen LogP contribution in [0.3, 0.4) is 0 Å². The highest BCUT2D eigenvalue weighted by Crippen LogP contribution is 2.36. The molecule has 1 aromatic carbocycles. The van der Waals surface area contributed by atoms with Crippen molar-refractivity contribution >= 4 is 33.9 Å². The number of pyridine rings is 3. The molecule has 3 aromatic heterocycles. The molecule has 0 atom stereocenters. The van der Waals surface area contributed by atoms with Gasteiger partial charge in [0.05, 0.1) is 5.39 Å². The predicted octanol–water partition coefficient (Wildman–Crippen LogP) is 6.02. The maximum absolute atomic E-state index is 12.8. The highest BCUT2D eigenvalue weighted by atomic mass is 16.1. The minimum atomic E-state index is -0.166. The third-order valence-electron chi connectivity index (χ3n) is 7.81. The summed E-state index contributed by atoms with van der Waals surface area (Å²) in [6, 6.07) is 15.2. The normalized spacial score (nSPS) is 16.7. The lowest BCUT2D eigenvalue weighted by atomic mass is 9.86. The molecule has 7 heteroatoms. The molecule has 0 bridgehead atoms. The lowest BCUT2D eigenvalue weighted by Gasteiger charge is -2.33. The number of fused-ring (bicyclic) bond motifs is 1. The van der Waals surface area contributed by atoms with Crippen molar-refractivity contribution in [3.05, 3.63) is 81.9 Å². The number of anilines is 4. The summed E-state index contributed by atoms with van der Waals surface area (Å²) in [6.07, 6.45) is 9.62. The second kappa shape index (κ2) is 9.98. The van der Waals surface area contributed by atoms with Crippen molar-refractivity contribution in [2.45, 2.75) is 57.9 Å². The van der Waals surface area contributed by atoms with Crippen LogP contribution in [0.4, 0.5) is 23.1 Å². The van der Waals surface area contributed by atoms with E-state index >= 15 is 0 Å². The van der Waals surface area contributed by atoms with Gasteiger partial charge in [-0.2, -0.15) is 0 Å². The van der Waals surface area contributed by atoms with Gasteiger partial charge in [-0.05, 0) is 117 Å². The van der Waals surface area contributed by atoms with E-state index in [1.165, 1.54) is 55.5 Å². The number of rotatable bonds is 7. The van der Waals surface area contributed by atoms with Crippen LogP contribution in [0.2, 0.25) is 0 Å². The molecule has 2 aliphatic rings. The van der Waals surface area contributed by atoms with E-state index in [-0.39, 0.29) is 5.56 Å². The van der Waals surface area contributed by atoms with E-state index in [2.05, 4.69) is 57.5 Å². The Balaban J connectivity index is 1.27. The van der Waals surface area contributed by atoms with Gasteiger partial charge in [0.1, 0.15) is 17.5 Å². The van der Waals surface area contributed by atoms with Crippen LogP contribution in [0, 0.1) is 6.92 Å². The van der Waals surface area contributed by atoms with Crippen LogP contribution < -0.4 is 16.2 Å². The Labute approximate surface area is 217 Å². The Hall–Kier alpha value is -3.71. The Bertz CT molecular complexity index is 1480. The molecule has 1 saturated carbocycles. The number of piperidine rings is 1. The number of likely N-dealkylation sites (tertiary alicyclic amines) is 1. The van der Waals surface area contributed by atoms with E-state index in [4.69, 9.17) is 4.98 Å². The quantitative estimate of drug-likeness (QED) is 0.291. The first-order valence-corrected chi connectivity index (χ1v) is 13.4. The number of H-pyrrole nitrogens is 1. The molecule has 7 nitrogen and oxygen atoms in total. The first kappa shape index (κ1) is 23.7. The van der Waals surface area contributed by atoms with Crippen molar-refractivity contribution in [1.82, 2.24) is 19.9 Å². The molecule has 1 aliphatic heterocycles. The molecule has 0 unspecified atom stereocenters. The van der Waals surface area contributed by atoms with Crippen LogP contribution in [-0.4, -0.2) is 39.0 Å². The zero-order valence-electron chi connectivity index (χ0n) is 21.6. The van der Waals surface area contributed by atoms with E-state index in [1.807, 2.05) is 24.3 Å². The molecule has 2 fully saturated rings. The smallest absolute Gasteiger partial charge is 0.259 e. The average molecular weight is 495 g/mol. The summed E-state index contributed by atoms with van der Waals surface area (Å²) in [5.41, 5.74) is 4.68. The minimum Gasteiger partial charge on any atom is -0.339 e. The van der Waals surface area contributed by atoms with Crippen LogP contribution >= 0.6 is 0 Å². The van der Waals surface area contributed by atoms with Gasteiger partial charge in [0.15, 0.2) is 0 Å². The Morgan fingerprint density at radius 3 is 2.59 bits per heavy atom. The monoisotopic (exact) mass is 494 g/mol. The van der Waals surface area contributed by atoms with E-state index in [0.29, 0.717) is 22.9 Å². The van der Waals surface area contributed by atoms with Gasteiger partial charge >= 0.3 is 0 Å². The fourth-order valence-electron chi connectivity index (χ4n) is 5.63. The molecule has 3 N–H and O–H groups in total. The fourth-order valence-corrected chi connectivity index (χ4v) is 5.63. The van der Waals surface area contributed by atoms with Crippen LogP contribution in [0.25, 0.3) is 10.8 Å². The van der Waals surface area contributed by atoms with E-state index < -0.39 is 0 Å². The Morgan fingerprint density at radius 2 is 1.84 bits per heavy atom. The van der Waals surface area contributed by atoms with Crippen molar-refractivity contribution in [2.75, 3.05) is 23.7 Å². The summed E-state index contributed by atoms with van der Waals surface area (Å²) in [5.74, 6) is 2.51. The number of aryl methyl sites for hydroxylation is 2. The van der Waals surface area contributed by atoms with E-state index in [0.717, 1.165) is 29.4 Å². The largest absolute Gasteiger partial charge is 0.339 e. The molecule has 0 amide bonds. The number of hydrogen-bond acceptors (Lipinski definition) is 6. The maximum Gasteiger partial charge on any atom is 0.259 e. The van der Waals surface area contributed by atoms with Crippen LogP contribution in [0.15, 0.2) is 59.7 Å². The third-order valence-corrected chi connectivity index (χ3v) is 7.81. The number of nitrogens with one attached hydrogen (secondary N) is 3. The Kier molecular flexibility index (Phi) is 6.38. The summed E-state index contributed by atoms with van der Waals surface area (Å²) in [6.45, 7) is 6.73. The molecular weight excluding hydrogens is 460 g/mol. The second-order valence-electron chi connectivity index (χ2n) is 10.4. The third kappa shape index (κ3) is 5.09. The summed E-state index contributed by atoms with van der Waals surface area (Å²) in [7, 11) is 0. The average Bonchev–Trinajstić information content (AvgIpc) is 3.75. The van der Waals surface area contributed by atoms with E-state index in [9.17, 15) is 4.79 Å². The summed E-state index contributed by atoms with van der Waals surface area (Å²) in [5, 5.41) is 8.11.